The van der Waals surface area contributed by atoms with Gasteiger partial charge in [-0.25, -0.2) is 14.2 Å². The smallest absolute Gasteiger partial charge is 0.131 e. The van der Waals surface area contributed by atoms with Crippen LogP contribution in [0.5, 0.6) is 0 Å². The van der Waals surface area contributed by atoms with Crippen LogP contribution in [0.1, 0.15) is 17.2 Å². The van der Waals surface area contributed by atoms with Gasteiger partial charge in [-0.1, -0.05) is 6.07 Å². The fourth-order valence-corrected chi connectivity index (χ4v) is 4.53. The van der Waals surface area contributed by atoms with Gasteiger partial charge in [0.15, 0.2) is 0 Å². The first-order chi connectivity index (χ1) is 8.52. The predicted molar refractivity (Wildman–Crippen MR) is 75.2 cm³/mol. The van der Waals surface area contributed by atoms with E-state index in [4.69, 9.17) is 5.84 Å². The molecule has 0 aliphatic rings. The molecule has 0 saturated carbocycles. The van der Waals surface area contributed by atoms with Crippen LogP contribution in [-0.4, -0.2) is 0 Å². The second kappa shape index (κ2) is 5.75. The topological polar surface area (TPSA) is 38.0 Å². The van der Waals surface area contributed by atoms with Gasteiger partial charge in [-0.05, 0) is 44.0 Å². The Morgan fingerprint density at radius 3 is 2.39 bits per heavy atom. The van der Waals surface area contributed by atoms with Crippen molar-refractivity contribution < 1.29 is 8.78 Å². The maximum Gasteiger partial charge on any atom is 0.131 e. The molecule has 3 N–H and O–H groups in total. The Morgan fingerprint density at radius 2 is 1.89 bits per heavy atom. The van der Waals surface area contributed by atoms with E-state index in [0.717, 1.165) is 19.2 Å². The van der Waals surface area contributed by atoms with Crippen molar-refractivity contribution in [2.24, 2.45) is 5.84 Å². The van der Waals surface area contributed by atoms with E-state index in [0.29, 0.717) is 5.56 Å². The zero-order valence-electron chi connectivity index (χ0n) is 8.88. The minimum absolute atomic E-state index is 0.296. The molecule has 0 spiro atoms. The lowest BCUT2D eigenvalue weighted by Gasteiger charge is -2.16. The van der Waals surface area contributed by atoms with E-state index in [9.17, 15) is 8.78 Å². The maximum atomic E-state index is 13.8. The summed E-state index contributed by atoms with van der Waals surface area (Å²) < 4.78 is 28.4. The Morgan fingerprint density at radius 1 is 1.17 bits per heavy atom. The molecule has 1 aromatic heterocycles. The van der Waals surface area contributed by atoms with Crippen LogP contribution in [0.4, 0.5) is 8.78 Å². The number of thiophene rings is 1. The minimum Gasteiger partial charge on any atom is -0.271 e. The van der Waals surface area contributed by atoms with Crippen molar-refractivity contribution in [1.29, 1.82) is 0 Å². The van der Waals surface area contributed by atoms with E-state index in [1.807, 2.05) is 6.07 Å². The van der Waals surface area contributed by atoms with Gasteiger partial charge in [0.2, 0.25) is 0 Å². The first-order valence-corrected chi connectivity index (χ1v) is 7.29. The highest BCUT2D eigenvalue weighted by Crippen LogP contribution is 2.38. The number of hydrazine groups is 1. The highest BCUT2D eigenvalue weighted by molar-refractivity contribution is 9.12. The molecule has 0 amide bonds. The minimum atomic E-state index is -0.632. The zero-order chi connectivity index (χ0) is 13.3. The van der Waals surface area contributed by atoms with Crippen LogP contribution < -0.4 is 11.3 Å². The summed E-state index contributed by atoms with van der Waals surface area (Å²) in [5.74, 6) is 4.23. The van der Waals surface area contributed by atoms with Gasteiger partial charge in [-0.2, -0.15) is 0 Å². The van der Waals surface area contributed by atoms with E-state index >= 15 is 0 Å². The first-order valence-electron chi connectivity index (χ1n) is 4.88. The van der Waals surface area contributed by atoms with Crippen LogP contribution in [0.3, 0.4) is 0 Å². The molecule has 7 heteroatoms. The lowest BCUT2D eigenvalue weighted by atomic mass is 10.0. The largest absolute Gasteiger partial charge is 0.271 e. The number of hydrogen-bond acceptors (Lipinski definition) is 3. The van der Waals surface area contributed by atoms with Crippen molar-refractivity contribution >= 4 is 43.2 Å². The van der Waals surface area contributed by atoms with Crippen LogP contribution in [-0.2, 0) is 0 Å². The third-order valence-corrected chi connectivity index (χ3v) is 4.82. The maximum absolute atomic E-state index is 13.8. The van der Waals surface area contributed by atoms with E-state index in [1.54, 1.807) is 0 Å². The first kappa shape index (κ1) is 14.1. The molecule has 1 unspecified atom stereocenters. The summed E-state index contributed by atoms with van der Waals surface area (Å²) >= 11 is 8.20. The van der Waals surface area contributed by atoms with Crippen molar-refractivity contribution in [1.82, 2.24) is 5.43 Å². The van der Waals surface area contributed by atoms with E-state index in [-0.39, 0.29) is 0 Å². The molecular weight excluding hydrogens is 390 g/mol. The molecule has 2 nitrogen and oxygen atoms in total. The monoisotopic (exact) mass is 396 g/mol. The molecule has 18 heavy (non-hydrogen) atoms. The SMILES string of the molecule is NNC(c1ccc(F)cc1F)c1cc(Br)sc1Br. The summed E-state index contributed by atoms with van der Waals surface area (Å²) in [6, 6.07) is 4.73. The molecule has 1 atom stereocenters. The fraction of sp³-hybridized carbons (Fsp3) is 0.0909. The molecular formula is C11H8Br2F2N2S. The molecule has 0 aliphatic heterocycles. The van der Waals surface area contributed by atoms with Crippen LogP contribution in [0.2, 0.25) is 0 Å². The summed E-state index contributed by atoms with van der Waals surface area (Å²) in [7, 11) is 0. The predicted octanol–water partition coefficient (Wildman–Crippen LogP) is 4.10. The molecule has 96 valence electrons. The Kier molecular flexibility index (Phi) is 4.50. The van der Waals surface area contributed by atoms with Gasteiger partial charge in [0.25, 0.3) is 0 Å². The molecule has 1 aromatic carbocycles. The lowest BCUT2D eigenvalue weighted by molar-refractivity contribution is 0.541. The van der Waals surface area contributed by atoms with Gasteiger partial charge < -0.3 is 0 Å². The van der Waals surface area contributed by atoms with Crippen molar-refractivity contribution in [2.75, 3.05) is 0 Å². The second-order valence-corrected chi connectivity index (χ2v) is 7.29. The number of rotatable bonds is 3. The molecule has 2 rings (SSSR count). The highest BCUT2D eigenvalue weighted by Gasteiger charge is 2.21. The number of benzene rings is 1. The third-order valence-electron chi connectivity index (χ3n) is 2.43. The van der Waals surface area contributed by atoms with Crippen molar-refractivity contribution in [3.05, 3.63) is 54.6 Å². The standard InChI is InChI=1S/C11H8Br2F2N2S/c12-9-4-7(11(13)18-9)10(17-16)6-2-1-5(14)3-8(6)15/h1-4,10,17H,16H2. The Balaban J connectivity index is 2.48. The average molecular weight is 398 g/mol. The molecule has 0 aliphatic carbocycles. The van der Waals surface area contributed by atoms with Gasteiger partial charge >= 0.3 is 0 Å². The number of nitrogens with one attached hydrogen (secondary N) is 1. The van der Waals surface area contributed by atoms with Crippen molar-refractivity contribution in [3.8, 4) is 0 Å². The van der Waals surface area contributed by atoms with E-state index < -0.39 is 17.7 Å². The van der Waals surface area contributed by atoms with Gasteiger partial charge in [0, 0.05) is 17.2 Å². The van der Waals surface area contributed by atoms with Crippen LogP contribution in [0, 0.1) is 11.6 Å². The third kappa shape index (κ3) is 2.80. The van der Waals surface area contributed by atoms with Crippen molar-refractivity contribution in [3.63, 3.8) is 0 Å². The summed E-state index contributed by atoms with van der Waals surface area (Å²) in [5, 5.41) is 0. The number of hydrogen-bond donors (Lipinski definition) is 2. The van der Waals surface area contributed by atoms with Gasteiger partial charge in [0.05, 0.1) is 13.6 Å². The summed E-state index contributed by atoms with van der Waals surface area (Å²) in [5.41, 5.74) is 3.63. The zero-order valence-corrected chi connectivity index (χ0v) is 12.9. The second-order valence-electron chi connectivity index (χ2n) is 3.55. The average Bonchev–Trinajstić information content (AvgIpc) is 2.62. The van der Waals surface area contributed by atoms with Gasteiger partial charge in [0.1, 0.15) is 11.6 Å². The number of halogens is 4. The molecule has 0 saturated heterocycles. The van der Waals surface area contributed by atoms with Crippen LogP contribution in [0.25, 0.3) is 0 Å². The highest BCUT2D eigenvalue weighted by atomic mass is 79.9. The Hall–Kier alpha value is -0.340. The summed E-state index contributed by atoms with van der Waals surface area (Å²) in [4.78, 5) is 0. The van der Waals surface area contributed by atoms with E-state index in [2.05, 4.69) is 37.3 Å². The molecule has 0 fully saturated rings. The summed E-state index contributed by atoms with van der Waals surface area (Å²) in [6.45, 7) is 0. The summed E-state index contributed by atoms with van der Waals surface area (Å²) in [6.07, 6.45) is 0. The lowest BCUT2D eigenvalue weighted by Crippen LogP contribution is -2.29. The fourth-order valence-electron chi connectivity index (χ4n) is 1.63. The van der Waals surface area contributed by atoms with Gasteiger partial charge in [-0.15, -0.1) is 11.3 Å². The quantitative estimate of drug-likeness (QED) is 0.604. The number of nitrogens with two attached hydrogens (primary N) is 1. The Labute approximate surface area is 123 Å². The molecule has 0 bridgehead atoms. The van der Waals surface area contributed by atoms with E-state index in [1.165, 1.54) is 23.5 Å². The molecule has 1 heterocycles. The van der Waals surface area contributed by atoms with Gasteiger partial charge in [-0.3, -0.25) is 5.84 Å². The van der Waals surface area contributed by atoms with Crippen molar-refractivity contribution in [2.45, 2.75) is 6.04 Å². The normalized spacial score (nSPS) is 12.7. The Bertz CT molecular complexity index is 574. The molecule has 0 radical (unpaired) electrons. The van der Waals surface area contributed by atoms with Crippen LogP contribution >= 0.6 is 43.2 Å². The molecule has 2 aromatic rings. The van der Waals surface area contributed by atoms with Crippen LogP contribution in [0.15, 0.2) is 31.8 Å².